The van der Waals surface area contributed by atoms with Gasteiger partial charge in [0.05, 0.1) is 0 Å². The number of ether oxygens (including phenoxy) is 1. The van der Waals surface area contributed by atoms with Crippen molar-refractivity contribution in [1.82, 2.24) is 0 Å². The molecule has 3 heteroatoms. The van der Waals surface area contributed by atoms with E-state index in [1.807, 2.05) is 41.7 Å². The Labute approximate surface area is 161 Å². The summed E-state index contributed by atoms with van der Waals surface area (Å²) in [6, 6.07) is 12.2. The van der Waals surface area contributed by atoms with Crippen molar-refractivity contribution in [3.8, 4) is 16.2 Å². The van der Waals surface area contributed by atoms with E-state index < -0.39 is 0 Å². The van der Waals surface area contributed by atoms with E-state index in [1.54, 1.807) is 0 Å². The number of hydrogen-bond acceptors (Lipinski definition) is 3. The highest BCUT2D eigenvalue weighted by molar-refractivity contribution is 7.15. The van der Waals surface area contributed by atoms with Gasteiger partial charge < -0.3 is 4.74 Å². The van der Waals surface area contributed by atoms with Gasteiger partial charge in [0.15, 0.2) is 0 Å². The monoisotopic (exact) mass is 370 g/mol. The van der Waals surface area contributed by atoms with Gasteiger partial charge in [0.25, 0.3) is 0 Å². The van der Waals surface area contributed by atoms with Crippen LogP contribution >= 0.6 is 11.3 Å². The number of thiophene rings is 1. The smallest absolute Gasteiger partial charge is 0.335 e. The lowest BCUT2D eigenvalue weighted by atomic mass is 10.1. The number of esters is 1. The molecule has 26 heavy (non-hydrogen) atoms. The quantitative estimate of drug-likeness (QED) is 0.181. The van der Waals surface area contributed by atoms with Crippen LogP contribution < -0.4 is 4.74 Å². The summed E-state index contributed by atoms with van der Waals surface area (Å²) in [4.78, 5) is 14.4. The normalized spacial score (nSPS) is 11.2. The Morgan fingerprint density at radius 3 is 2.46 bits per heavy atom. The van der Waals surface area contributed by atoms with E-state index in [0.29, 0.717) is 5.75 Å². The Balaban J connectivity index is 1.85. The molecule has 1 aromatic carbocycles. The van der Waals surface area contributed by atoms with E-state index in [9.17, 15) is 4.79 Å². The van der Waals surface area contributed by atoms with Crippen molar-refractivity contribution in [1.29, 1.82) is 0 Å². The van der Waals surface area contributed by atoms with Gasteiger partial charge in [-0.15, -0.1) is 11.3 Å². The van der Waals surface area contributed by atoms with Gasteiger partial charge in [0.2, 0.25) is 0 Å². The zero-order valence-corrected chi connectivity index (χ0v) is 16.8. The van der Waals surface area contributed by atoms with Crippen LogP contribution in [0, 0.1) is 0 Å². The van der Waals surface area contributed by atoms with E-state index in [1.165, 1.54) is 59.9 Å². The first kappa shape index (κ1) is 20.4. The molecule has 0 aliphatic rings. The molecule has 0 radical (unpaired) electrons. The molecule has 1 heterocycles. The summed E-state index contributed by atoms with van der Waals surface area (Å²) in [7, 11) is 0. The van der Waals surface area contributed by atoms with Crippen molar-refractivity contribution < 1.29 is 9.53 Å². The second-order valence-corrected chi connectivity index (χ2v) is 7.74. The van der Waals surface area contributed by atoms with E-state index in [4.69, 9.17) is 4.74 Å². The lowest BCUT2D eigenvalue weighted by molar-refractivity contribution is -0.129. The number of carbonyl (C=O) groups excluding carboxylic acids is 1. The van der Waals surface area contributed by atoms with Gasteiger partial charge in [-0.05, 0) is 61.2 Å². The highest BCUT2D eigenvalue weighted by atomic mass is 32.1. The molecule has 0 amide bonds. The number of rotatable bonds is 11. The molecule has 0 N–H and O–H groups in total. The summed E-state index contributed by atoms with van der Waals surface area (Å²) >= 11 is 1.86. The zero-order valence-electron chi connectivity index (χ0n) is 16.0. The minimum Gasteiger partial charge on any atom is -0.423 e. The molecule has 0 unspecified atom stereocenters. The Bertz CT molecular complexity index is 682. The Morgan fingerprint density at radius 1 is 0.962 bits per heavy atom. The van der Waals surface area contributed by atoms with Gasteiger partial charge in [0, 0.05) is 15.8 Å². The summed E-state index contributed by atoms with van der Waals surface area (Å²) in [5, 5.41) is 0. The van der Waals surface area contributed by atoms with Crippen molar-refractivity contribution in [2.45, 2.75) is 65.2 Å². The summed E-state index contributed by atoms with van der Waals surface area (Å²) in [5.41, 5.74) is 1.17. The third-order valence-corrected chi connectivity index (χ3v) is 5.45. The summed E-state index contributed by atoms with van der Waals surface area (Å²) in [6.45, 7) is 4.33. The van der Waals surface area contributed by atoms with Crippen LogP contribution in [0.5, 0.6) is 5.75 Å². The predicted octanol–water partition coefficient (Wildman–Crippen LogP) is 7.19. The van der Waals surface area contributed by atoms with Gasteiger partial charge >= 0.3 is 5.97 Å². The van der Waals surface area contributed by atoms with Crippen molar-refractivity contribution in [3.63, 3.8) is 0 Å². The van der Waals surface area contributed by atoms with Crippen LogP contribution in [-0.4, -0.2) is 5.97 Å². The maximum absolute atomic E-state index is 11.7. The maximum Gasteiger partial charge on any atom is 0.335 e. The molecule has 0 fully saturated rings. The van der Waals surface area contributed by atoms with Gasteiger partial charge in [0.1, 0.15) is 5.75 Å². The van der Waals surface area contributed by atoms with Crippen LogP contribution in [0.2, 0.25) is 0 Å². The standard InChI is InChI=1S/C23H30O2S/c1-3-5-7-8-10-11-21-17-18-22(26-21)19-13-15-20(16-14-19)25-23(24)12-9-6-4-2/h9,12-18H,3-8,10-11H2,1-2H3/b12-9+. The molecular weight excluding hydrogens is 340 g/mol. The minimum atomic E-state index is -0.312. The van der Waals surface area contributed by atoms with Gasteiger partial charge in [-0.3, -0.25) is 0 Å². The number of aryl methyl sites for hydroxylation is 1. The molecule has 0 spiro atoms. The van der Waals surface area contributed by atoms with Crippen molar-refractivity contribution in [3.05, 3.63) is 53.4 Å². The number of benzene rings is 1. The molecule has 0 aliphatic heterocycles. The fourth-order valence-electron chi connectivity index (χ4n) is 2.75. The first-order chi connectivity index (χ1) is 12.7. The van der Waals surface area contributed by atoms with Gasteiger partial charge in [-0.25, -0.2) is 4.79 Å². The van der Waals surface area contributed by atoms with Crippen LogP contribution in [0.3, 0.4) is 0 Å². The molecular formula is C23H30O2S. The molecule has 0 aliphatic carbocycles. The molecule has 0 atom stereocenters. The second kappa shape index (κ2) is 11.7. The van der Waals surface area contributed by atoms with Gasteiger partial charge in [-0.1, -0.05) is 52.0 Å². The van der Waals surface area contributed by atoms with Crippen LogP contribution in [0.25, 0.3) is 10.4 Å². The topological polar surface area (TPSA) is 26.3 Å². The van der Waals surface area contributed by atoms with Crippen LogP contribution in [0.15, 0.2) is 48.6 Å². The molecule has 2 aromatic rings. The first-order valence-corrected chi connectivity index (χ1v) is 10.6. The van der Waals surface area contributed by atoms with E-state index in [-0.39, 0.29) is 5.97 Å². The molecule has 0 saturated heterocycles. The molecule has 1 aromatic heterocycles. The number of hydrogen-bond donors (Lipinski definition) is 0. The van der Waals surface area contributed by atoms with Gasteiger partial charge in [-0.2, -0.15) is 0 Å². The summed E-state index contributed by atoms with van der Waals surface area (Å²) < 4.78 is 5.32. The highest BCUT2D eigenvalue weighted by Gasteiger charge is 2.05. The summed E-state index contributed by atoms with van der Waals surface area (Å²) in [6.07, 6.45) is 13.1. The second-order valence-electron chi connectivity index (χ2n) is 6.57. The molecule has 0 bridgehead atoms. The third-order valence-electron chi connectivity index (χ3n) is 4.25. The lowest BCUT2D eigenvalue weighted by Gasteiger charge is -2.03. The predicted molar refractivity (Wildman–Crippen MR) is 112 cm³/mol. The van der Waals surface area contributed by atoms with E-state index >= 15 is 0 Å². The fourth-order valence-corrected chi connectivity index (χ4v) is 3.81. The number of unbranched alkanes of at least 4 members (excludes halogenated alkanes) is 5. The number of allylic oxidation sites excluding steroid dienone is 1. The number of carbonyl (C=O) groups is 1. The van der Waals surface area contributed by atoms with Crippen LogP contribution in [-0.2, 0) is 11.2 Å². The van der Waals surface area contributed by atoms with Crippen molar-refractivity contribution in [2.24, 2.45) is 0 Å². The largest absolute Gasteiger partial charge is 0.423 e. The molecule has 2 nitrogen and oxygen atoms in total. The third kappa shape index (κ3) is 7.17. The SMILES string of the molecule is CCC/C=C/C(=O)Oc1ccc(-c2ccc(CCCCCCC)s2)cc1. The van der Waals surface area contributed by atoms with Crippen molar-refractivity contribution >= 4 is 17.3 Å². The Hall–Kier alpha value is -1.87. The molecule has 2 rings (SSSR count). The van der Waals surface area contributed by atoms with Crippen LogP contribution in [0.1, 0.15) is 63.7 Å². The first-order valence-electron chi connectivity index (χ1n) is 9.80. The average Bonchev–Trinajstić information content (AvgIpc) is 3.11. The summed E-state index contributed by atoms with van der Waals surface area (Å²) in [5.74, 6) is 0.278. The highest BCUT2D eigenvalue weighted by Crippen LogP contribution is 2.30. The van der Waals surface area contributed by atoms with Crippen LogP contribution in [0.4, 0.5) is 0 Å². The van der Waals surface area contributed by atoms with E-state index in [2.05, 4.69) is 26.0 Å². The maximum atomic E-state index is 11.7. The lowest BCUT2D eigenvalue weighted by Crippen LogP contribution is -2.03. The molecule has 0 saturated carbocycles. The minimum absolute atomic E-state index is 0.312. The zero-order chi connectivity index (χ0) is 18.6. The Kier molecular flexibility index (Phi) is 9.19. The average molecular weight is 371 g/mol. The fraction of sp³-hybridized carbons (Fsp3) is 0.435. The Morgan fingerprint density at radius 2 is 1.73 bits per heavy atom. The van der Waals surface area contributed by atoms with Crippen molar-refractivity contribution in [2.75, 3.05) is 0 Å². The molecule has 140 valence electrons. The van der Waals surface area contributed by atoms with E-state index in [0.717, 1.165) is 12.8 Å².